The largest absolute Gasteiger partial charge is 0.347 e. The molecule has 0 saturated heterocycles. The van der Waals surface area contributed by atoms with Gasteiger partial charge in [-0.15, -0.1) is 0 Å². The van der Waals surface area contributed by atoms with Crippen LogP contribution in [0, 0.1) is 18.6 Å². The number of alkyl halides is 1. The van der Waals surface area contributed by atoms with Crippen molar-refractivity contribution < 1.29 is 13.6 Å². The minimum absolute atomic E-state index is 0.117. The van der Waals surface area contributed by atoms with Gasteiger partial charge in [-0.1, -0.05) is 22.9 Å². The summed E-state index contributed by atoms with van der Waals surface area (Å²) in [5.74, 6) is -1.99. The number of halogens is 3. The molecule has 0 aliphatic rings. The van der Waals surface area contributed by atoms with Crippen LogP contribution in [0.2, 0.25) is 0 Å². The molecule has 0 aliphatic heterocycles. The van der Waals surface area contributed by atoms with E-state index in [-0.39, 0.29) is 11.1 Å². The summed E-state index contributed by atoms with van der Waals surface area (Å²) in [5, 5.41) is 3.56. The SMILES string of the molecule is CCC(C)(CCBr)NC(=O)c1cc(C)c(F)cc1F. The molecule has 0 fully saturated rings. The van der Waals surface area contributed by atoms with Crippen molar-refractivity contribution in [2.24, 2.45) is 0 Å². The maximum absolute atomic E-state index is 13.6. The Morgan fingerprint density at radius 2 is 2.00 bits per heavy atom. The van der Waals surface area contributed by atoms with Gasteiger partial charge in [0, 0.05) is 16.9 Å². The first kappa shape index (κ1) is 16.1. The van der Waals surface area contributed by atoms with Crippen molar-refractivity contribution in [2.75, 3.05) is 5.33 Å². The molecule has 0 heterocycles. The molecule has 0 saturated carbocycles. The average molecular weight is 334 g/mol. The van der Waals surface area contributed by atoms with Crippen LogP contribution in [-0.4, -0.2) is 16.8 Å². The lowest BCUT2D eigenvalue weighted by molar-refractivity contribution is 0.0897. The van der Waals surface area contributed by atoms with E-state index in [1.807, 2.05) is 13.8 Å². The summed E-state index contributed by atoms with van der Waals surface area (Å²) in [6.45, 7) is 5.36. The molecule has 0 aliphatic carbocycles. The van der Waals surface area contributed by atoms with Gasteiger partial charge in [0.05, 0.1) is 5.56 Å². The molecule has 5 heteroatoms. The minimum atomic E-state index is -0.835. The van der Waals surface area contributed by atoms with E-state index in [9.17, 15) is 13.6 Å². The Bertz CT molecular complexity index is 479. The highest BCUT2D eigenvalue weighted by molar-refractivity contribution is 9.09. The number of carbonyl (C=O) groups is 1. The predicted molar refractivity (Wildman–Crippen MR) is 75.7 cm³/mol. The normalized spacial score (nSPS) is 14.0. The van der Waals surface area contributed by atoms with Crippen molar-refractivity contribution in [2.45, 2.75) is 39.2 Å². The molecular weight excluding hydrogens is 316 g/mol. The summed E-state index contributed by atoms with van der Waals surface area (Å²) >= 11 is 3.33. The standard InChI is InChI=1S/C14H18BrF2NO/c1-4-14(3,5-6-15)18-13(19)10-7-9(2)11(16)8-12(10)17/h7-8H,4-6H2,1-3H3,(H,18,19). The van der Waals surface area contributed by atoms with Crippen LogP contribution >= 0.6 is 15.9 Å². The summed E-state index contributed by atoms with van der Waals surface area (Å²) < 4.78 is 26.8. The van der Waals surface area contributed by atoms with Gasteiger partial charge in [-0.05, 0) is 38.3 Å². The minimum Gasteiger partial charge on any atom is -0.347 e. The van der Waals surface area contributed by atoms with Crippen molar-refractivity contribution in [3.63, 3.8) is 0 Å². The van der Waals surface area contributed by atoms with Crippen molar-refractivity contribution in [1.82, 2.24) is 5.32 Å². The van der Waals surface area contributed by atoms with Gasteiger partial charge in [0.1, 0.15) is 11.6 Å². The van der Waals surface area contributed by atoms with Crippen molar-refractivity contribution in [3.05, 3.63) is 34.9 Å². The number of hydrogen-bond donors (Lipinski definition) is 1. The van der Waals surface area contributed by atoms with Gasteiger partial charge in [0.15, 0.2) is 0 Å². The molecule has 1 N–H and O–H groups in total. The lowest BCUT2D eigenvalue weighted by Crippen LogP contribution is -2.46. The zero-order valence-electron chi connectivity index (χ0n) is 11.3. The summed E-state index contributed by atoms with van der Waals surface area (Å²) in [4.78, 5) is 12.1. The first-order chi connectivity index (χ1) is 8.83. The zero-order chi connectivity index (χ0) is 14.6. The van der Waals surface area contributed by atoms with Crippen LogP contribution in [0.15, 0.2) is 12.1 Å². The molecule has 1 aromatic carbocycles. The third-order valence-electron chi connectivity index (χ3n) is 3.33. The highest BCUT2D eigenvalue weighted by atomic mass is 79.9. The maximum Gasteiger partial charge on any atom is 0.254 e. The number of nitrogens with one attached hydrogen (secondary N) is 1. The monoisotopic (exact) mass is 333 g/mol. The lowest BCUT2D eigenvalue weighted by Gasteiger charge is -2.29. The van der Waals surface area contributed by atoms with Crippen LogP contribution in [0.25, 0.3) is 0 Å². The van der Waals surface area contributed by atoms with Gasteiger partial charge in [-0.3, -0.25) is 4.79 Å². The molecule has 0 spiro atoms. The van der Waals surface area contributed by atoms with E-state index in [1.54, 1.807) is 0 Å². The zero-order valence-corrected chi connectivity index (χ0v) is 12.9. The van der Waals surface area contributed by atoms with E-state index >= 15 is 0 Å². The average Bonchev–Trinajstić information content (AvgIpc) is 2.33. The van der Waals surface area contributed by atoms with E-state index in [0.29, 0.717) is 0 Å². The summed E-state index contributed by atoms with van der Waals surface area (Å²) in [6, 6.07) is 1.99. The highest BCUT2D eigenvalue weighted by Gasteiger charge is 2.25. The van der Waals surface area contributed by atoms with E-state index in [0.717, 1.165) is 24.2 Å². The fraction of sp³-hybridized carbons (Fsp3) is 0.500. The summed E-state index contributed by atoms with van der Waals surface area (Å²) in [7, 11) is 0. The molecule has 1 aromatic rings. The number of rotatable bonds is 5. The van der Waals surface area contributed by atoms with Crippen LogP contribution in [-0.2, 0) is 0 Å². The van der Waals surface area contributed by atoms with E-state index in [4.69, 9.17) is 0 Å². The fourth-order valence-electron chi connectivity index (χ4n) is 1.71. The molecule has 0 bridgehead atoms. The Kier molecular flexibility index (Phi) is 5.47. The molecule has 1 rings (SSSR count). The molecule has 106 valence electrons. The first-order valence-electron chi connectivity index (χ1n) is 6.17. The third-order valence-corrected chi connectivity index (χ3v) is 3.73. The van der Waals surface area contributed by atoms with Gasteiger partial charge >= 0.3 is 0 Å². The number of amides is 1. The van der Waals surface area contributed by atoms with Crippen LogP contribution < -0.4 is 5.32 Å². The molecule has 1 unspecified atom stereocenters. The molecule has 1 atom stereocenters. The molecule has 1 amide bonds. The van der Waals surface area contributed by atoms with E-state index < -0.39 is 23.1 Å². The van der Waals surface area contributed by atoms with Gasteiger partial charge in [0.25, 0.3) is 5.91 Å². The molecule has 0 radical (unpaired) electrons. The second-order valence-corrected chi connectivity index (χ2v) is 5.68. The Morgan fingerprint density at radius 1 is 1.37 bits per heavy atom. The first-order valence-corrected chi connectivity index (χ1v) is 7.29. The van der Waals surface area contributed by atoms with Gasteiger partial charge in [-0.25, -0.2) is 8.78 Å². The van der Waals surface area contributed by atoms with Crippen LogP contribution in [0.4, 0.5) is 8.78 Å². The van der Waals surface area contributed by atoms with Gasteiger partial charge < -0.3 is 5.32 Å². The van der Waals surface area contributed by atoms with E-state index in [1.165, 1.54) is 13.0 Å². The Hall–Kier alpha value is -0.970. The Labute approximate surface area is 120 Å². The van der Waals surface area contributed by atoms with Crippen molar-refractivity contribution in [3.8, 4) is 0 Å². The van der Waals surface area contributed by atoms with Gasteiger partial charge in [0.2, 0.25) is 0 Å². The number of hydrogen-bond acceptors (Lipinski definition) is 1. The molecule has 19 heavy (non-hydrogen) atoms. The van der Waals surface area contributed by atoms with Gasteiger partial charge in [-0.2, -0.15) is 0 Å². The number of benzene rings is 1. The summed E-state index contributed by atoms with van der Waals surface area (Å²) in [5.41, 5.74) is -0.270. The van der Waals surface area contributed by atoms with Crippen LogP contribution in [0.1, 0.15) is 42.6 Å². The third kappa shape index (κ3) is 4.00. The molecule has 0 aromatic heterocycles. The van der Waals surface area contributed by atoms with E-state index in [2.05, 4.69) is 21.2 Å². The molecular formula is C14H18BrF2NO. The smallest absolute Gasteiger partial charge is 0.254 e. The topological polar surface area (TPSA) is 29.1 Å². The predicted octanol–water partition coefficient (Wildman–Crippen LogP) is 3.96. The number of carbonyl (C=O) groups excluding carboxylic acids is 1. The quantitative estimate of drug-likeness (QED) is 0.812. The highest BCUT2D eigenvalue weighted by Crippen LogP contribution is 2.19. The second-order valence-electron chi connectivity index (χ2n) is 4.89. The molecule has 2 nitrogen and oxygen atoms in total. The summed E-state index contributed by atoms with van der Waals surface area (Å²) in [6.07, 6.45) is 1.46. The lowest BCUT2D eigenvalue weighted by atomic mass is 9.95. The Balaban J connectivity index is 2.98. The fourth-order valence-corrected chi connectivity index (χ4v) is 2.58. The maximum atomic E-state index is 13.6. The van der Waals surface area contributed by atoms with Crippen LogP contribution in [0.5, 0.6) is 0 Å². The Morgan fingerprint density at radius 3 is 2.53 bits per heavy atom. The van der Waals surface area contributed by atoms with Crippen molar-refractivity contribution >= 4 is 21.8 Å². The second kappa shape index (κ2) is 6.46. The van der Waals surface area contributed by atoms with Crippen LogP contribution in [0.3, 0.4) is 0 Å². The van der Waals surface area contributed by atoms with Crippen molar-refractivity contribution in [1.29, 1.82) is 0 Å². The number of aryl methyl sites for hydroxylation is 1.